The van der Waals surface area contributed by atoms with Gasteiger partial charge < -0.3 is 0 Å². The van der Waals surface area contributed by atoms with Crippen molar-refractivity contribution >= 4 is 0 Å². The molecule has 0 saturated heterocycles. The Labute approximate surface area is 141 Å². The molecule has 1 aromatic rings. The van der Waals surface area contributed by atoms with Crippen LogP contribution in [-0.4, -0.2) is 0 Å². The van der Waals surface area contributed by atoms with Gasteiger partial charge in [0.1, 0.15) is 0 Å². The van der Waals surface area contributed by atoms with Crippen molar-refractivity contribution in [2.24, 2.45) is 5.92 Å². The topological polar surface area (TPSA) is 23.8 Å². The highest BCUT2D eigenvalue weighted by Crippen LogP contribution is 2.38. The Morgan fingerprint density at radius 1 is 1.04 bits per heavy atom. The first-order valence-electron chi connectivity index (χ1n) is 8.39. The summed E-state index contributed by atoms with van der Waals surface area (Å²) in [6.07, 6.45) is 9.41. The van der Waals surface area contributed by atoms with Gasteiger partial charge in [-0.05, 0) is 68.1 Å². The van der Waals surface area contributed by atoms with Crippen LogP contribution in [0.3, 0.4) is 0 Å². The second-order valence-corrected chi connectivity index (χ2v) is 6.33. The molecule has 0 spiro atoms. The standard InChI is InChI=1S/C20H22F3N/c21-20(22,23)19-13-11-18(12-14-19)17-9-7-16(8-10-17)6-4-2-1-3-5-15-24/h1-3,5,11-14,16-17H,4,6-10H2. The highest BCUT2D eigenvalue weighted by atomic mass is 19.4. The van der Waals surface area contributed by atoms with Gasteiger partial charge in [-0.1, -0.05) is 30.4 Å². The molecular weight excluding hydrogens is 311 g/mol. The maximum Gasteiger partial charge on any atom is 0.416 e. The number of halogens is 3. The summed E-state index contributed by atoms with van der Waals surface area (Å²) in [6.45, 7) is 0. The molecule has 0 N–H and O–H groups in total. The molecule has 1 aliphatic carbocycles. The first-order valence-corrected chi connectivity index (χ1v) is 8.39. The Bertz CT molecular complexity index is 597. The fraction of sp³-hybridized carbons (Fsp3) is 0.450. The lowest BCUT2D eigenvalue weighted by atomic mass is 9.77. The third-order valence-corrected chi connectivity index (χ3v) is 4.72. The van der Waals surface area contributed by atoms with E-state index in [-0.39, 0.29) is 0 Å². The Hall–Kier alpha value is -2.02. The number of hydrogen-bond acceptors (Lipinski definition) is 1. The molecule has 0 heterocycles. The van der Waals surface area contributed by atoms with Crippen molar-refractivity contribution in [1.29, 1.82) is 5.26 Å². The number of allylic oxidation sites excluding steroid dienone is 4. The first kappa shape index (κ1) is 18.3. The lowest BCUT2D eigenvalue weighted by Gasteiger charge is -2.28. The third kappa shape index (κ3) is 5.56. The summed E-state index contributed by atoms with van der Waals surface area (Å²) < 4.78 is 37.8. The van der Waals surface area contributed by atoms with Crippen LogP contribution in [0.5, 0.6) is 0 Å². The van der Waals surface area contributed by atoms with E-state index in [1.165, 1.54) is 18.2 Å². The van der Waals surface area contributed by atoms with E-state index in [2.05, 4.69) is 6.08 Å². The van der Waals surface area contributed by atoms with Gasteiger partial charge in [0, 0.05) is 6.08 Å². The van der Waals surface area contributed by atoms with E-state index in [1.807, 2.05) is 12.1 Å². The minimum absolute atomic E-state index is 0.387. The van der Waals surface area contributed by atoms with E-state index >= 15 is 0 Å². The van der Waals surface area contributed by atoms with E-state index in [0.29, 0.717) is 11.8 Å². The van der Waals surface area contributed by atoms with Gasteiger partial charge in [0.2, 0.25) is 0 Å². The quantitative estimate of drug-likeness (QED) is 0.452. The number of rotatable bonds is 5. The van der Waals surface area contributed by atoms with Gasteiger partial charge in [0.05, 0.1) is 11.6 Å². The molecule has 1 saturated carbocycles. The van der Waals surface area contributed by atoms with Crippen LogP contribution >= 0.6 is 0 Å². The van der Waals surface area contributed by atoms with Crippen LogP contribution in [0.4, 0.5) is 13.2 Å². The summed E-state index contributed by atoms with van der Waals surface area (Å²) in [4.78, 5) is 0. The molecule has 0 radical (unpaired) electrons. The molecule has 1 aromatic carbocycles. The molecule has 2 rings (SSSR count). The third-order valence-electron chi connectivity index (χ3n) is 4.72. The molecule has 128 valence electrons. The smallest absolute Gasteiger partial charge is 0.193 e. The van der Waals surface area contributed by atoms with Crippen LogP contribution < -0.4 is 0 Å². The maximum absolute atomic E-state index is 12.6. The van der Waals surface area contributed by atoms with Gasteiger partial charge in [0.25, 0.3) is 0 Å². The van der Waals surface area contributed by atoms with Crippen molar-refractivity contribution in [3.63, 3.8) is 0 Å². The Balaban J connectivity index is 1.77. The molecule has 0 atom stereocenters. The van der Waals surface area contributed by atoms with Crippen molar-refractivity contribution in [3.05, 3.63) is 59.7 Å². The van der Waals surface area contributed by atoms with E-state index in [9.17, 15) is 13.2 Å². The zero-order valence-corrected chi connectivity index (χ0v) is 13.6. The number of benzene rings is 1. The molecule has 0 bridgehead atoms. The average Bonchev–Trinajstić information content (AvgIpc) is 2.58. The van der Waals surface area contributed by atoms with E-state index in [1.54, 1.807) is 18.2 Å². The predicted octanol–water partition coefficient (Wildman–Crippen LogP) is 6.40. The van der Waals surface area contributed by atoms with E-state index in [0.717, 1.165) is 44.1 Å². The molecule has 1 fully saturated rings. The van der Waals surface area contributed by atoms with Crippen molar-refractivity contribution in [2.45, 2.75) is 50.6 Å². The van der Waals surface area contributed by atoms with Crippen LogP contribution in [0, 0.1) is 17.2 Å². The summed E-state index contributed by atoms with van der Waals surface area (Å²) in [5.74, 6) is 1.08. The first-order chi connectivity index (χ1) is 11.5. The zero-order chi connectivity index (χ0) is 17.4. The normalized spacial score (nSPS) is 22.1. The lowest BCUT2D eigenvalue weighted by Crippen LogP contribution is -2.13. The molecule has 4 heteroatoms. The van der Waals surface area contributed by atoms with Crippen molar-refractivity contribution in [2.75, 3.05) is 0 Å². The lowest BCUT2D eigenvalue weighted by molar-refractivity contribution is -0.137. The van der Waals surface area contributed by atoms with Crippen molar-refractivity contribution in [1.82, 2.24) is 0 Å². The summed E-state index contributed by atoms with van der Waals surface area (Å²) in [7, 11) is 0. The van der Waals surface area contributed by atoms with Crippen molar-refractivity contribution in [3.8, 4) is 6.07 Å². The molecule has 0 aromatic heterocycles. The fourth-order valence-corrected chi connectivity index (χ4v) is 3.33. The second-order valence-electron chi connectivity index (χ2n) is 6.33. The minimum atomic E-state index is -4.26. The maximum atomic E-state index is 12.6. The Morgan fingerprint density at radius 2 is 1.71 bits per heavy atom. The highest BCUT2D eigenvalue weighted by molar-refractivity contribution is 5.27. The SMILES string of the molecule is N#CC=CC=CCCC1CCC(c2ccc(C(F)(F)F)cc2)CC1. The predicted molar refractivity (Wildman–Crippen MR) is 89.3 cm³/mol. The zero-order valence-electron chi connectivity index (χ0n) is 13.6. The number of hydrogen-bond donors (Lipinski definition) is 0. The molecule has 24 heavy (non-hydrogen) atoms. The summed E-state index contributed by atoms with van der Waals surface area (Å²) in [5.41, 5.74) is 0.458. The van der Waals surface area contributed by atoms with Gasteiger partial charge in [-0.25, -0.2) is 0 Å². The average molecular weight is 333 g/mol. The van der Waals surface area contributed by atoms with Crippen LogP contribution in [0.1, 0.15) is 55.6 Å². The summed E-state index contributed by atoms with van der Waals surface area (Å²) in [6, 6.07) is 7.61. The van der Waals surface area contributed by atoms with Crippen LogP contribution in [0.15, 0.2) is 48.6 Å². The number of nitriles is 1. The molecule has 1 nitrogen and oxygen atoms in total. The molecule has 0 unspecified atom stereocenters. The molecule has 1 aliphatic rings. The summed E-state index contributed by atoms with van der Waals surface area (Å²) in [5, 5.41) is 8.37. The van der Waals surface area contributed by atoms with Gasteiger partial charge in [-0.2, -0.15) is 18.4 Å². The van der Waals surface area contributed by atoms with Gasteiger partial charge >= 0.3 is 6.18 Å². The van der Waals surface area contributed by atoms with E-state index in [4.69, 9.17) is 5.26 Å². The Kier molecular flexibility index (Phi) is 6.66. The largest absolute Gasteiger partial charge is 0.416 e. The summed E-state index contributed by atoms with van der Waals surface area (Å²) >= 11 is 0. The highest BCUT2D eigenvalue weighted by Gasteiger charge is 2.30. The van der Waals surface area contributed by atoms with Gasteiger partial charge in [-0.15, -0.1) is 0 Å². The van der Waals surface area contributed by atoms with Gasteiger partial charge in [0.15, 0.2) is 0 Å². The Morgan fingerprint density at radius 3 is 2.29 bits per heavy atom. The van der Waals surface area contributed by atoms with Gasteiger partial charge in [-0.3, -0.25) is 0 Å². The number of alkyl halides is 3. The number of nitrogens with zero attached hydrogens (tertiary/aromatic N) is 1. The van der Waals surface area contributed by atoms with Crippen molar-refractivity contribution < 1.29 is 13.2 Å². The fourth-order valence-electron chi connectivity index (χ4n) is 3.33. The molecule has 0 aliphatic heterocycles. The van der Waals surface area contributed by atoms with Crippen LogP contribution in [0.25, 0.3) is 0 Å². The second kappa shape index (κ2) is 8.73. The monoisotopic (exact) mass is 333 g/mol. The van der Waals surface area contributed by atoms with E-state index < -0.39 is 11.7 Å². The molecular formula is C20H22F3N. The molecule has 0 amide bonds. The minimum Gasteiger partial charge on any atom is -0.193 e. The van der Waals surface area contributed by atoms with Crippen LogP contribution in [0.2, 0.25) is 0 Å². The van der Waals surface area contributed by atoms with Crippen LogP contribution in [-0.2, 0) is 6.18 Å².